The highest BCUT2D eigenvalue weighted by Gasteiger charge is 2.25. The standard InChI is InChI=1S/C31H33FN4O7/c1-42-24-10-3-20(4-11-24)17-28(37)33-26-18-22(7-12-27(26)35-13-15-36(16-14-35)31(41)43-2)30(40)34-25(19-29(38)39)21-5-8-23(32)9-6-21/h3-12,18,25H,13-17,19H2,1-2H3,(H,33,37)(H,34,40)(H,38,39). The predicted octanol–water partition coefficient (Wildman–Crippen LogP) is 3.85. The number of ether oxygens (including phenoxy) is 2. The number of anilines is 2. The van der Waals surface area contributed by atoms with Crippen LogP contribution in [0.4, 0.5) is 20.6 Å². The molecule has 1 atom stereocenters. The summed E-state index contributed by atoms with van der Waals surface area (Å²) < 4.78 is 23.4. The van der Waals surface area contributed by atoms with Gasteiger partial charge in [-0.15, -0.1) is 0 Å². The van der Waals surface area contributed by atoms with Crippen molar-refractivity contribution in [2.24, 2.45) is 0 Å². The van der Waals surface area contributed by atoms with Gasteiger partial charge in [-0.3, -0.25) is 14.4 Å². The number of carboxylic acid groups (broad SMARTS) is 1. The van der Waals surface area contributed by atoms with Crippen molar-refractivity contribution in [1.29, 1.82) is 0 Å². The summed E-state index contributed by atoms with van der Waals surface area (Å²) in [7, 11) is 2.88. The van der Waals surface area contributed by atoms with Crippen molar-refractivity contribution in [3.05, 3.63) is 89.2 Å². The SMILES string of the molecule is COC(=O)N1CCN(c2ccc(C(=O)NC(CC(=O)O)c3ccc(F)cc3)cc2NC(=O)Cc2ccc(OC)cc2)CC1. The fourth-order valence-corrected chi connectivity index (χ4v) is 4.80. The predicted molar refractivity (Wildman–Crippen MR) is 157 cm³/mol. The van der Waals surface area contributed by atoms with Crippen LogP contribution in [0.1, 0.15) is 33.9 Å². The van der Waals surface area contributed by atoms with Gasteiger partial charge < -0.3 is 35.0 Å². The number of benzene rings is 3. The van der Waals surface area contributed by atoms with Crippen LogP contribution >= 0.6 is 0 Å². The normalized spacial score (nSPS) is 13.6. The van der Waals surface area contributed by atoms with Crippen LogP contribution in [0.2, 0.25) is 0 Å². The summed E-state index contributed by atoms with van der Waals surface area (Å²) in [6.45, 7) is 1.74. The molecule has 43 heavy (non-hydrogen) atoms. The number of carboxylic acids is 1. The smallest absolute Gasteiger partial charge is 0.409 e. The van der Waals surface area contributed by atoms with Gasteiger partial charge in [0.15, 0.2) is 0 Å². The van der Waals surface area contributed by atoms with Crippen LogP contribution in [0, 0.1) is 5.82 Å². The third kappa shape index (κ3) is 8.22. The summed E-state index contributed by atoms with van der Waals surface area (Å²) in [5, 5.41) is 15.0. The van der Waals surface area contributed by atoms with Gasteiger partial charge in [0.1, 0.15) is 11.6 Å². The van der Waals surface area contributed by atoms with E-state index in [1.54, 1.807) is 48.4 Å². The Morgan fingerprint density at radius 2 is 1.60 bits per heavy atom. The number of rotatable bonds is 10. The van der Waals surface area contributed by atoms with Crippen molar-refractivity contribution in [3.63, 3.8) is 0 Å². The summed E-state index contributed by atoms with van der Waals surface area (Å²) in [6, 6.07) is 16.2. The van der Waals surface area contributed by atoms with Crippen molar-refractivity contribution in [1.82, 2.24) is 10.2 Å². The molecule has 0 bridgehead atoms. The van der Waals surface area contributed by atoms with Crippen molar-refractivity contribution in [3.8, 4) is 5.75 Å². The first-order valence-corrected chi connectivity index (χ1v) is 13.6. The number of aliphatic carboxylic acids is 1. The van der Waals surface area contributed by atoms with Crippen LogP contribution in [0.25, 0.3) is 0 Å². The first-order chi connectivity index (χ1) is 20.7. The maximum absolute atomic E-state index is 13.5. The molecule has 1 aliphatic heterocycles. The molecular formula is C31H33FN4O7. The van der Waals surface area contributed by atoms with Gasteiger partial charge in [-0.1, -0.05) is 24.3 Å². The molecule has 226 valence electrons. The van der Waals surface area contributed by atoms with Crippen molar-refractivity contribution in [2.45, 2.75) is 18.9 Å². The molecule has 4 rings (SSSR count). The van der Waals surface area contributed by atoms with Crippen LogP contribution < -0.4 is 20.3 Å². The number of hydrogen-bond donors (Lipinski definition) is 3. The van der Waals surface area contributed by atoms with Gasteiger partial charge in [0.25, 0.3) is 5.91 Å². The van der Waals surface area contributed by atoms with Gasteiger partial charge in [-0.25, -0.2) is 9.18 Å². The molecule has 1 unspecified atom stereocenters. The van der Waals surface area contributed by atoms with E-state index >= 15 is 0 Å². The zero-order valence-electron chi connectivity index (χ0n) is 23.8. The molecule has 3 aromatic rings. The molecule has 0 aliphatic carbocycles. The largest absolute Gasteiger partial charge is 0.497 e. The Hall–Kier alpha value is -5.13. The number of piperazine rings is 1. The van der Waals surface area contributed by atoms with E-state index in [1.165, 1.54) is 37.4 Å². The number of carbonyl (C=O) groups is 4. The van der Waals surface area contributed by atoms with Crippen LogP contribution in [0.15, 0.2) is 66.7 Å². The van der Waals surface area contributed by atoms with Crippen LogP contribution in [0.3, 0.4) is 0 Å². The van der Waals surface area contributed by atoms with Gasteiger partial charge >= 0.3 is 12.1 Å². The highest BCUT2D eigenvalue weighted by Crippen LogP contribution is 2.29. The molecule has 1 fully saturated rings. The molecular weight excluding hydrogens is 559 g/mol. The number of halogens is 1. The van der Waals surface area contributed by atoms with Gasteiger partial charge in [0, 0.05) is 31.7 Å². The Balaban J connectivity index is 1.58. The van der Waals surface area contributed by atoms with Gasteiger partial charge in [-0.2, -0.15) is 0 Å². The number of hydrogen-bond acceptors (Lipinski definition) is 7. The first kappa shape index (κ1) is 30.8. The second-order valence-corrected chi connectivity index (χ2v) is 9.92. The fraction of sp³-hybridized carbons (Fsp3) is 0.290. The molecule has 3 aromatic carbocycles. The summed E-state index contributed by atoms with van der Waals surface area (Å²) >= 11 is 0. The quantitative estimate of drug-likeness (QED) is 0.323. The van der Waals surface area contributed by atoms with Crippen LogP contribution in [0.5, 0.6) is 5.75 Å². The van der Waals surface area contributed by atoms with E-state index in [4.69, 9.17) is 9.47 Å². The highest BCUT2D eigenvalue weighted by molar-refractivity contribution is 6.00. The minimum atomic E-state index is -1.14. The Morgan fingerprint density at radius 1 is 0.930 bits per heavy atom. The molecule has 12 heteroatoms. The van der Waals surface area contributed by atoms with E-state index in [1.807, 2.05) is 4.90 Å². The molecule has 1 aliphatic rings. The molecule has 0 radical (unpaired) electrons. The monoisotopic (exact) mass is 592 g/mol. The van der Waals surface area contributed by atoms with Crippen molar-refractivity contribution < 1.29 is 38.1 Å². The van der Waals surface area contributed by atoms with E-state index in [0.717, 1.165) is 5.56 Å². The Bertz CT molecular complexity index is 1460. The molecule has 11 nitrogen and oxygen atoms in total. The summed E-state index contributed by atoms with van der Waals surface area (Å²) in [6.07, 6.45) is -0.760. The molecule has 0 saturated carbocycles. The lowest BCUT2D eigenvalue weighted by Crippen LogP contribution is -2.49. The average Bonchev–Trinajstić information content (AvgIpc) is 3.01. The number of methoxy groups -OCH3 is 2. The lowest BCUT2D eigenvalue weighted by Gasteiger charge is -2.36. The summed E-state index contributed by atoms with van der Waals surface area (Å²) in [5.74, 6) is -1.83. The van der Waals surface area contributed by atoms with Gasteiger partial charge in [-0.05, 0) is 53.6 Å². The minimum Gasteiger partial charge on any atom is -0.497 e. The van der Waals surface area contributed by atoms with E-state index in [9.17, 15) is 28.7 Å². The van der Waals surface area contributed by atoms with E-state index in [-0.39, 0.29) is 17.9 Å². The second kappa shape index (κ2) is 14.2. The first-order valence-electron chi connectivity index (χ1n) is 13.6. The zero-order valence-corrected chi connectivity index (χ0v) is 23.8. The number of nitrogens with one attached hydrogen (secondary N) is 2. The molecule has 1 saturated heterocycles. The molecule has 3 N–H and O–H groups in total. The van der Waals surface area contributed by atoms with E-state index in [0.29, 0.717) is 48.9 Å². The zero-order chi connectivity index (χ0) is 30.9. The number of amides is 3. The lowest BCUT2D eigenvalue weighted by molar-refractivity contribution is -0.137. The fourth-order valence-electron chi connectivity index (χ4n) is 4.80. The average molecular weight is 593 g/mol. The number of nitrogens with zero attached hydrogens (tertiary/aromatic N) is 2. The number of carbonyl (C=O) groups excluding carboxylic acids is 3. The van der Waals surface area contributed by atoms with E-state index < -0.39 is 36.2 Å². The Kier molecular flexibility index (Phi) is 10.2. The topological polar surface area (TPSA) is 138 Å². The minimum absolute atomic E-state index is 0.0707. The maximum Gasteiger partial charge on any atom is 0.409 e. The second-order valence-electron chi connectivity index (χ2n) is 9.92. The van der Waals surface area contributed by atoms with Crippen LogP contribution in [-0.4, -0.2) is 74.3 Å². The van der Waals surface area contributed by atoms with Crippen LogP contribution in [-0.2, 0) is 20.7 Å². The summed E-state index contributed by atoms with van der Waals surface area (Å²) in [5.41, 5.74) is 2.43. The van der Waals surface area contributed by atoms with Crippen molar-refractivity contribution >= 4 is 35.3 Å². The highest BCUT2D eigenvalue weighted by atomic mass is 19.1. The van der Waals surface area contributed by atoms with Gasteiger partial charge in [0.05, 0.1) is 44.5 Å². The Labute approximate surface area is 248 Å². The lowest BCUT2D eigenvalue weighted by atomic mass is 10.0. The third-order valence-electron chi connectivity index (χ3n) is 7.07. The molecule has 3 amide bonds. The Morgan fingerprint density at radius 3 is 2.21 bits per heavy atom. The summed E-state index contributed by atoms with van der Waals surface area (Å²) in [4.78, 5) is 53.5. The molecule has 0 aromatic heterocycles. The third-order valence-corrected chi connectivity index (χ3v) is 7.07. The van der Waals surface area contributed by atoms with Gasteiger partial charge in [0.2, 0.25) is 5.91 Å². The maximum atomic E-state index is 13.5. The molecule has 0 spiro atoms. The van der Waals surface area contributed by atoms with Crippen molar-refractivity contribution in [2.75, 3.05) is 50.6 Å². The molecule has 1 heterocycles. The van der Waals surface area contributed by atoms with E-state index in [2.05, 4.69) is 10.6 Å².